The van der Waals surface area contributed by atoms with Crippen molar-refractivity contribution in [2.24, 2.45) is 0 Å². The maximum Gasteiger partial charge on any atom is 0.453 e. The van der Waals surface area contributed by atoms with Crippen molar-refractivity contribution < 1.29 is 22.0 Å². The second-order valence-corrected chi connectivity index (χ2v) is 2.20. The first-order valence-corrected chi connectivity index (χ1v) is 3.11. The average molecular weight is 175 g/mol. The van der Waals surface area contributed by atoms with Crippen LogP contribution in [0.2, 0.25) is 6.04 Å². The first-order chi connectivity index (χ1) is 4.31. The molecular formula is C4H4F5Si. The van der Waals surface area contributed by atoms with Gasteiger partial charge in [-0.05, 0) is 0 Å². The van der Waals surface area contributed by atoms with E-state index in [0.29, 0.717) is 0 Å². The zero-order chi connectivity index (χ0) is 8.41. The van der Waals surface area contributed by atoms with Gasteiger partial charge in [0, 0.05) is 16.7 Å². The Labute approximate surface area is 57.8 Å². The predicted octanol–water partition coefficient (Wildman–Crippen LogP) is 2.16. The fourth-order valence-corrected chi connectivity index (χ4v) is 0.613. The summed E-state index contributed by atoms with van der Waals surface area (Å²) in [4.78, 5) is 0. The molecule has 0 N–H and O–H groups in total. The summed E-state index contributed by atoms with van der Waals surface area (Å²) in [6.07, 6.45) is -6.63. The molecule has 0 aliphatic heterocycles. The Morgan fingerprint density at radius 1 is 1.00 bits per heavy atom. The van der Waals surface area contributed by atoms with E-state index in [1.165, 1.54) is 0 Å². The third-order valence-electron chi connectivity index (χ3n) is 0.854. The van der Waals surface area contributed by atoms with Crippen LogP contribution in [0.25, 0.3) is 0 Å². The summed E-state index contributed by atoms with van der Waals surface area (Å²) in [7, 11) is 2.54. The van der Waals surface area contributed by atoms with E-state index in [2.05, 4.69) is 10.2 Å². The van der Waals surface area contributed by atoms with Crippen molar-refractivity contribution >= 4 is 10.2 Å². The van der Waals surface area contributed by atoms with Gasteiger partial charge in [-0.25, -0.2) is 0 Å². The molecule has 6 heteroatoms. The van der Waals surface area contributed by atoms with Crippen LogP contribution < -0.4 is 0 Å². The molecule has 0 aromatic carbocycles. The fourth-order valence-electron chi connectivity index (χ4n) is 0.299. The quantitative estimate of drug-likeness (QED) is 0.445. The topological polar surface area (TPSA) is 0 Å². The normalized spacial score (nSPS) is 13.8. The van der Waals surface area contributed by atoms with E-state index in [-0.39, 0.29) is 6.04 Å². The largest absolute Gasteiger partial charge is 0.453 e. The van der Waals surface area contributed by atoms with Gasteiger partial charge in [0.15, 0.2) is 0 Å². The Morgan fingerprint density at radius 3 is 1.50 bits per heavy atom. The van der Waals surface area contributed by atoms with Crippen molar-refractivity contribution in [1.82, 2.24) is 0 Å². The van der Waals surface area contributed by atoms with Crippen LogP contribution in [0.5, 0.6) is 0 Å². The molecule has 0 saturated heterocycles. The molecule has 0 fully saturated rings. The van der Waals surface area contributed by atoms with Gasteiger partial charge in [-0.3, -0.25) is 0 Å². The summed E-state index contributed by atoms with van der Waals surface area (Å²) in [5, 5.41) is 0. The van der Waals surface area contributed by atoms with Crippen LogP contribution in [-0.4, -0.2) is 22.3 Å². The van der Waals surface area contributed by atoms with Gasteiger partial charge in [0.05, 0.1) is 0 Å². The molecule has 0 rings (SSSR count). The number of halogens is 5. The van der Waals surface area contributed by atoms with E-state index in [1.807, 2.05) is 0 Å². The fraction of sp³-hybridized carbons (Fsp3) is 1.00. The van der Waals surface area contributed by atoms with Crippen LogP contribution in [-0.2, 0) is 0 Å². The van der Waals surface area contributed by atoms with Gasteiger partial charge >= 0.3 is 12.1 Å². The summed E-state index contributed by atoms with van der Waals surface area (Å²) >= 11 is 0. The minimum absolute atomic E-state index is 0.369. The van der Waals surface area contributed by atoms with E-state index in [9.17, 15) is 22.0 Å². The van der Waals surface area contributed by atoms with Gasteiger partial charge in [-0.1, -0.05) is 6.04 Å². The summed E-state index contributed by atoms with van der Waals surface area (Å²) < 4.78 is 57.3. The van der Waals surface area contributed by atoms with Gasteiger partial charge in [0.2, 0.25) is 0 Å². The van der Waals surface area contributed by atoms with E-state index in [0.717, 1.165) is 0 Å². The van der Waals surface area contributed by atoms with E-state index in [4.69, 9.17) is 0 Å². The standard InChI is InChI=1S/C4H4F5Si/c5-3(6,1-2-10)4(7,8)9/h1-2H2. The lowest BCUT2D eigenvalue weighted by Gasteiger charge is -2.17. The maximum absolute atomic E-state index is 11.8. The number of rotatable bonds is 2. The molecule has 10 heavy (non-hydrogen) atoms. The molecule has 3 radical (unpaired) electrons. The molecule has 59 valence electrons. The van der Waals surface area contributed by atoms with Crippen LogP contribution in [0.1, 0.15) is 6.42 Å². The summed E-state index contributed by atoms with van der Waals surface area (Å²) in [6.45, 7) is 0. The van der Waals surface area contributed by atoms with Crippen molar-refractivity contribution in [3.8, 4) is 0 Å². The van der Waals surface area contributed by atoms with Gasteiger partial charge in [-0.15, -0.1) is 0 Å². The Bertz CT molecular complexity index is 107. The van der Waals surface area contributed by atoms with Gasteiger partial charge < -0.3 is 0 Å². The Balaban J connectivity index is 4.10. The number of hydrogen-bond donors (Lipinski definition) is 0. The molecule has 0 amide bonds. The van der Waals surface area contributed by atoms with Crippen molar-refractivity contribution in [1.29, 1.82) is 0 Å². The molecule has 0 nitrogen and oxygen atoms in total. The van der Waals surface area contributed by atoms with Crippen LogP contribution in [0.3, 0.4) is 0 Å². The number of alkyl halides is 5. The highest BCUT2D eigenvalue weighted by molar-refractivity contribution is 6.08. The predicted molar refractivity (Wildman–Crippen MR) is 26.2 cm³/mol. The lowest BCUT2D eigenvalue weighted by Crippen LogP contribution is -2.35. The van der Waals surface area contributed by atoms with Crippen LogP contribution >= 0.6 is 0 Å². The molecule has 0 unspecified atom stereocenters. The summed E-state index contributed by atoms with van der Waals surface area (Å²) in [6, 6.07) is -0.369. The molecule has 0 heterocycles. The van der Waals surface area contributed by atoms with Crippen LogP contribution in [0.4, 0.5) is 22.0 Å². The first-order valence-electron chi connectivity index (χ1n) is 2.40. The highest BCUT2D eigenvalue weighted by Gasteiger charge is 2.56. The molecular weight excluding hydrogens is 171 g/mol. The minimum Gasteiger partial charge on any atom is -0.196 e. The Hall–Kier alpha value is -0.133. The van der Waals surface area contributed by atoms with E-state index < -0.39 is 18.5 Å². The minimum atomic E-state index is -5.42. The zero-order valence-electron chi connectivity index (χ0n) is 4.80. The molecule has 0 aromatic heterocycles. The number of hydrogen-bond acceptors (Lipinski definition) is 0. The smallest absolute Gasteiger partial charge is 0.196 e. The third kappa shape index (κ3) is 2.24. The summed E-state index contributed by atoms with van der Waals surface area (Å²) in [5.41, 5.74) is 0. The molecule has 0 aromatic rings. The third-order valence-corrected chi connectivity index (χ3v) is 1.10. The molecule has 0 bridgehead atoms. The Kier molecular flexibility index (Phi) is 2.82. The zero-order valence-corrected chi connectivity index (χ0v) is 5.80. The molecule has 0 aliphatic rings. The van der Waals surface area contributed by atoms with E-state index in [1.54, 1.807) is 0 Å². The van der Waals surface area contributed by atoms with Crippen LogP contribution in [0.15, 0.2) is 0 Å². The van der Waals surface area contributed by atoms with E-state index >= 15 is 0 Å². The van der Waals surface area contributed by atoms with Crippen molar-refractivity contribution in [2.45, 2.75) is 24.6 Å². The second-order valence-electron chi connectivity index (χ2n) is 1.70. The highest BCUT2D eigenvalue weighted by Crippen LogP contribution is 2.38. The van der Waals surface area contributed by atoms with Crippen molar-refractivity contribution in [2.75, 3.05) is 0 Å². The second kappa shape index (κ2) is 2.85. The van der Waals surface area contributed by atoms with Crippen LogP contribution in [0, 0.1) is 0 Å². The molecule has 0 aliphatic carbocycles. The lowest BCUT2D eigenvalue weighted by atomic mass is 10.2. The first kappa shape index (κ1) is 9.87. The maximum atomic E-state index is 11.8. The average Bonchev–Trinajstić information content (AvgIpc) is 1.61. The summed E-state index contributed by atoms with van der Waals surface area (Å²) in [5.74, 6) is -4.56. The molecule has 0 saturated carbocycles. The Morgan fingerprint density at radius 2 is 1.40 bits per heavy atom. The molecule has 0 spiro atoms. The van der Waals surface area contributed by atoms with Crippen molar-refractivity contribution in [3.05, 3.63) is 0 Å². The van der Waals surface area contributed by atoms with Gasteiger partial charge in [-0.2, -0.15) is 22.0 Å². The lowest BCUT2D eigenvalue weighted by molar-refractivity contribution is -0.282. The van der Waals surface area contributed by atoms with Gasteiger partial charge in [0.1, 0.15) is 0 Å². The monoisotopic (exact) mass is 175 g/mol. The highest BCUT2D eigenvalue weighted by atomic mass is 28.1. The SMILES string of the molecule is FC(F)(F)C(F)(F)CC[Si]. The van der Waals surface area contributed by atoms with Crippen molar-refractivity contribution in [3.63, 3.8) is 0 Å². The van der Waals surface area contributed by atoms with Gasteiger partial charge in [0.25, 0.3) is 0 Å². The molecule has 0 atom stereocenters.